The summed E-state index contributed by atoms with van der Waals surface area (Å²) < 4.78 is 46.9. The van der Waals surface area contributed by atoms with E-state index in [1.54, 1.807) is 0 Å². The van der Waals surface area contributed by atoms with Crippen LogP contribution in [0.25, 0.3) is 0 Å². The fraction of sp³-hybridized carbons (Fsp3) is 0.286. The Balaban J connectivity index is 3.56. The Labute approximate surface area is 85.2 Å². The summed E-state index contributed by atoms with van der Waals surface area (Å²) in [5, 5.41) is 4.04. The Morgan fingerprint density at radius 1 is 1.47 bits per heavy atom. The highest BCUT2D eigenvalue weighted by molar-refractivity contribution is 7.89. The number of alkyl halides is 2. The lowest BCUT2D eigenvalue weighted by atomic mass is 10.1. The minimum absolute atomic E-state index is 0.120. The van der Waals surface area contributed by atoms with E-state index >= 15 is 0 Å². The number of halogens is 2. The van der Waals surface area contributed by atoms with Gasteiger partial charge in [0.1, 0.15) is 0 Å². The molecule has 0 spiro atoms. The number of nitrogens with zero attached hydrogens (tertiary/aromatic N) is 1. The highest BCUT2D eigenvalue weighted by Crippen LogP contribution is 2.30. The van der Waals surface area contributed by atoms with E-state index in [1.807, 2.05) is 0 Å². The minimum Gasteiger partial charge on any atom is -0.396 e. The lowest BCUT2D eigenvalue weighted by Crippen LogP contribution is -2.17. The molecule has 5 nitrogen and oxygen atoms in total. The monoisotopic (exact) mass is 237 g/mol. The molecule has 0 unspecified atom stereocenters. The van der Waals surface area contributed by atoms with E-state index in [0.717, 1.165) is 6.20 Å². The molecule has 1 aromatic rings. The van der Waals surface area contributed by atoms with E-state index in [-0.39, 0.29) is 5.56 Å². The molecule has 4 N–H and O–H groups in total. The first kappa shape index (κ1) is 11.8. The van der Waals surface area contributed by atoms with Gasteiger partial charge in [0.2, 0.25) is 0 Å². The Hall–Kier alpha value is -1.28. The van der Waals surface area contributed by atoms with E-state index < -0.39 is 32.7 Å². The molecule has 0 bridgehead atoms. The van der Waals surface area contributed by atoms with Crippen LogP contribution in [0, 0.1) is 6.92 Å². The number of hydrogen-bond donors (Lipinski definition) is 2. The third-order valence-electron chi connectivity index (χ3n) is 1.81. The predicted octanol–water partition coefficient (Wildman–Crippen LogP) is 0.557. The first-order chi connectivity index (χ1) is 6.75. The molecule has 0 amide bonds. The molecule has 0 radical (unpaired) electrons. The van der Waals surface area contributed by atoms with E-state index in [9.17, 15) is 17.2 Å². The van der Waals surface area contributed by atoms with Crippen molar-refractivity contribution in [3.05, 3.63) is 17.3 Å². The van der Waals surface area contributed by atoms with Gasteiger partial charge in [-0.1, -0.05) is 0 Å². The van der Waals surface area contributed by atoms with Gasteiger partial charge in [-0.15, -0.1) is 0 Å². The van der Waals surface area contributed by atoms with E-state index in [1.165, 1.54) is 6.92 Å². The number of aryl methyl sites for hydroxylation is 1. The molecule has 0 saturated carbocycles. The zero-order valence-corrected chi connectivity index (χ0v) is 8.55. The van der Waals surface area contributed by atoms with Crippen LogP contribution in [0.3, 0.4) is 0 Å². The Kier molecular flexibility index (Phi) is 2.91. The van der Waals surface area contributed by atoms with Gasteiger partial charge in [0.05, 0.1) is 5.69 Å². The highest BCUT2D eigenvalue weighted by atomic mass is 32.2. The average molecular weight is 237 g/mol. The molecule has 0 fully saturated rings. The summed E-state index contributed by atoms with van der Waals surface area (Å²) in [5.41, 5.74) is 4.25. The molecule has 0 aromatic carbocycles. The van der Waals surface area contributed by atoms with Crippen LogP contribution in [0.4, 0.5) is 14.5 Å². The minimum atomic E-state index is -4.18. The molecular formula is C7H9F2N3O2S. The van der Waals surface area contributed by atoms with E-state index in [0.29, 0.717) is 0 Å². The summed E-state index contributed by atoms with van der Waals surface area (Å²) in [5.74, 6) is 0. The van der Waals surface area contributed by atoms with Crippen molar-refractivity contribution in [2.24, 2.45) is 5.14 Å². The summed E-state index contributed by atoms with van der Waals surface area (Å²) in [6.45, 7) is 1.36. The standard InChI is InChI=1S/C7H9F2N3O2S/c1-3-2-12-7(15(11,13)14)5(10)4(3)6(8)9/h2,6H,10H2,1H3,(H2,11,13,14). The average Bonchev–Trinajstić information content (AvgIpc) is 2.00. The fourth-order valence-corrected chi connectivity index (χ4v) is 1.75. The maximum absolute atomic E-state index is 12.5. The number of pyridine rings is 1. The zero-order valence-electron chi connectivity index (χ0n) is 7.74. The van der Waals surface area contributed by atoms with Crippen LogP contribution in [0.15, 0.2) is 11.2 Å². The number of sulfonamides is 1. The lowest BCUT2D eigenvalue weighted by Gasteiger charge is -2.10. The molecule has 1 aromatic heterocycles. The third kappa shape index (κ3) is 2.21. The molecule has 1 rings (SSSR count). The summed E-state index contributed by atoms with van der Waals surface area (Å²) in [7, 11) is -4.18. The molecule has 0 atom stereocenters. The van der Waals surface area contributed by atoms with Crippen molar-refractivity contribution in [1.82, 2.24) is 4.98 Å². The van der Waals surface area contributed by atoms with Gasteiger partial charge in [-0.25, -0.2) is 27.3 Å². The topological polar surface area (TPSA) is 99.1 Å². The maximum atomic E-state index is 12.5. The Morgan fingerprint density at radius 3 is 2.40 bits per heavy atom. The number of rotatable bonds is 2. The molecular weight excluding hydrogens is 228 g/mol. The fourth-order valence-electron chi connectivity index (χ4n) is 1.14. The Bertz CT molecular complexity index is 487. The van der Waals surface area contributed by atoms with E-state index in [2.05, 4.69) is 4.98 Å². The summed E-state index contributed by atoms with van der Waals surface area (Å²) in [6, 6.07) is 0. The van der Waals surface area contributed by atoms with Gasteiger partial charge in [-0.3, -0.25) is 0 Å². The van der Waals surface area contributed by atoms with Crippen molar-refractivity contribution in [2.75, 3.05) is 5.73 Å². The number of hydrogen-bond acceptors (Lipinski definition) is 4. The molecule has 0 aliphatic heterocycles. The second-order valence-corrected chi connectivity index (χ2v) is 4.40. The number of nitrogens with two attached hydrogens (primary N) is 2. The molecule has 8 heteroatoms. The molecule has 1 heterocycles. The quantitative estimate of drug-likeness (QED) is 0.784. The van der Waals surface area contributed by atoms with Crippen molar-refractivity contribution >= 4 is 15.7 Å². The van der Waals surface area contributed by atoms with Crippen molar-refractivity contribution in [1.29, 1.82) is 0 Å². The van der Waals surface area contributed by atoms with Crippen LogP contribution in [0.1, 0.15) is 17.6 Å². The SMILES string of the molecule is Cc1cnc(S(N)(=O)=O)c(N)c1C(F)F. The molecule has 0 aliphatic carbocycles. The number of aromatic nitrogens is 1. The van der Waals surface area contributed by atoms with Gasteiger partial charge < -0.3 is 5.73 Å². The van der Waals surface area contributed by atoms with Crippen molar-refractivity contribution in [3.8, 4) is 0 Å². The van der Waals surface area contributed by atoms with Crippen molar-refractivity contribution < 1.29 is 17.2 Å². The highest BCUT2D eigenvalue weighted by Gasteiger charge is 2.23. The third-order valence-corrected chi connectivity index (χ3v) is 2.67. The first-order valence-electron chi connectivity index (χ1n) is 3.81. The second kappa shape index (κ2) is 3.70. The van der Waals surface area contributed by atoms with Crippen LogP contribution < -0.4 is 10.9 Å². The van der Waals surface area contributed by atoms with E-state index in [4.69, 9.17) is 10.9 Å². The maximum Gasteiger partial charge on any atom is 0.266 e. The van der Waals surface area contributed by atoms with Crippen molar-refractivity contribution in [3.63, 3.8) is 0 Å². The summed E-state index contributed by atoms with van der Waals surface area (Å²) >= 11 is 0. The van der Waals surface area contributed by atoms with Gasteiger partial charge >= 0.3 is 0 Å². The van der Waals surface area contributed by atoms with Gasteiger partial charge in [0, 0.05) is 11.8 Å². The van der Waals surface area contributed by atoms with Crippen LogP contribution in [0.2, 0.25) is 0 Å². The van der Waals surface area contributed by atoms with Crippen LogP contribution in [-0.2, 0) is 10.0 Å². The molecule has 15 heavy (non-hydrogen) atoms. The zero-order chi connectivity index (χ0) is 11.8. The predicted molar refractivity (Wildman–Crippen MR) is 49.7 cm³/mol. The second-order valence-electron chi connectivity index (χ2n) is 2.92. The molecule has 0 saturated heterocycles. The normalized spacial score (nSPS) is 12.1. The lowest BCUT2D eigenvalue weighted by molar-refractivity contribution is 0.151. The Morgan fingerprint density at radius 2 is 2.00 bits per heavy atom. The number of anilines is 1. The smallest absolute Gasteiger partial charge is 0.266 e. The van der Waals surface area contributed by atoms with Gasteiger partial charge in [-0.2, -0.15) is 0 Å². The summed E-state index contributed by atoms with van der Waals surface area (Å²) in [4.78, 5) is 3.42. The van der Waals surface area contributed by atoms with Gasteiger partial charge in [0.25, 0.3) is 16.4 Å². The van der Waals surface area contributed by atoms with Crippen LogP contribution in [0.5, 0.6) is 0 Å². The van der Waals surface area contributed by atoms with Crippen molar-refractivity contribution in [2.45, 2.75) is 18.4 Å². The van der Waals surface area contributed by atoms with Gasteiger partial charge in [-0.05, 0) is 12.5 Å². The first-order valence-corrected chi connectivity index (χ1v) is 5.35. The van der Waals surface area contributed by atoms with Gasteiger partial charge in [0.15, 0.2) is 5.03 Å². The number of nitrogen functional groups attached to an aromatic ring is 1. The molecule has 0 aliphatic rings. The summed E-state index contributed by atoms with van der Waals surface area (Å²) in [6.07, 6.45) is -1.87. The number of primary sulfonamides is 1. The van der Waals surface area contributed by atoms with Crippen LogP contribution >= 0.6 is 0 Å². The molecule has 84 valence electrons. The van der Waals surface area contributed by atoms with Crippen LogP contribution in [-0.4, -0.2) is 13.4 Å². The largest absolute Gasteiger partial charge is 0.396 e.